The highest BCUT2D eigenvalue weighted by Gasteiger charge is 2.43. The van der Waals surface area contributed by atoms with Gasteiger partial charge in [0.25, 0.3) is 11.8 Å². The van der Waals surface area contributed by atoms with E-state index in [0.29, 0.717) is 120 Å². The predicted octanol–water partition coefficient (Wildman–Crippen LogP) is 15.6. The number of aromatic nitrogens is 12. The summed E-state index contributed by atoms with van der Waals surface area (Å²) in [6.07, 6.45) is 13.7. The van der Waals surface area contributed by atoms with Crippen molar-refractivity contribution < 1.29 is 41.8 Å². The fourth-order valence-electron chi connectivity index (χ4n) is 17.2. The number of aryl methyl sites for hydroxylation is 3. The standard InChI is InChI=1S/C31H29Cl2FN6O3.C31H27Cl2FN6O3.C30H25Cl2FN6O3/c2*1-5-7-21(41)38-12-13-39-18(14-38)15-43-28-23-29(39)37-31(42)40(27-17(4)10-11-35-25(27)16(2)3)30(23)36-26(24(28)33)22-19(32)8-6-9-20(22)34;1-5-20(40)37-11-12-38-17(13-37)14-42-27-22-28(38)36-30(41)39(26-16(4)9-10-34-24(26)15(2)3)29(22)35-25(23(27)32)21-18(31)7-6-8-19(21)33/h5-11,16,18H,12-15H2,1-4H3;6,8-11,16,18H,12-15H2,1-4H3;1,6-10,15,17H,11-14H2,2-4H3/b7-5+;;. The molecule has 0 N–H and O–H groups in total. The van der Waals surface area contributed by atoms with Gasteiger partial charge < -0.3 is 43.6 Å². The number of anilines is 3. The molecule has 0 saturated carbocycles. The second-order valence-electron chi connectivity index (χ2n) is 32.2. The van der Waals surface area contributed by atoms with E-state index in [2.05, 4.69) is 47.7 Å². The third-order valence-electron chi connectivity index (χ3n) is 23.2. The van der Waals surface area contributed by atoms with Crippen LogP contribution in [-0.2, 0) is 14.4 Å². The monoisotopic (exact) mass is 1850 g/mol. The summed E-state index contributed by atoms with van der Waals surface area (Å²) >= 11 is 40.3. The van der Waals surface area contributed by atoms with Gasteiger partial charge in [0.15, 0.2) is 34.2 Å². The van der Waals surface area contributed by atoms with Crippen LogP contribution in [0.15, 0.2) is 118 Å². The van der Waals surface area contributed by atoms with E-state index in [1.165, 1.54) is 62.2 Å². The summed E-state index contributed by atoms with van der Waals surface area (Å²) in [6.45, 7) is 24.4. The molecule has 3 amide bonds. The topological polar surface area (TPSA) is 280 Å². The molecule has 12 aromatic rings. The number of terminal acetylenes is 1. The Morgan fingerprint density at radius 1 is 0.461 bits per heavy atom. The average molecular weight is 1850 g/mol. The summed E-state index contributed by atoms with van der Waals surface area (Å²) in [7, 11) is 0. The number of nitrogens with zero attached hydrogens (tertiary/aromatic N) is 18. The maximum absolute atomic E-state index is 15.3. The molecule has 36 heteroatoms. The average Bonchev–Trinajstić information content (AvgIpc) is 1.25. The summed E-state index contributed by atoms with van der Waals surface area (Å²) in [5, 5.41) is 1.58. The molecule has 15 heterocycles. The Balaban J connectivity index is 0.000000141. The molecule has 0 radical (unpaired) electrons. The number of halogens is 9. The number of allylic oxidation sites excluding steroid dienone is 1. The molecule has 18 rings (SSSR count). The smallest absolute Gasteiger partial charge is 0.355 e. The normalized spacial score (nSPS) is 16.2. The molecular formula is C92H81Cl6F3N18O9. The SMILES string of the molecule is C#CC(=O)N1CCN2c3nc(=O)n(-c4c(C)ccnc4C(C)C)c4nc(-c5c(F)cccc5Cl)c(Cl)c(c34)OCC2C1.C/C=C/C(=O)N1CCN2c3nc(=O)n(-c4c(C)ccnc4C(C)C)c4nc(-c5c(F)cccc5Cl)c(Cl)c(c34)OCC2C1.CC#CC(=O)N1CCN2c3nc(=O)n(-c4c(C)ccnc4C(C)C)c4nc(-c5c(F)cccc5Cl)c(Cl)c(c34)OCC2C1. The Hall–Kier alpha value is -12.4. The minimum absolute atomic E-state index is 0.00892. The van der Waals surface area contributed by atoms with Crippen molar-refractivity contribution in [1.82, 2.24) is 73.3 Å². The number of hydrogen-bond donors (Lipinski definition) is 0. The van der Waals surface area contributed by atoms with Crippen LogP contribution in [-0.4, -0.2) is 188 Å². The van der Waals surface area contributed by atoms with Crippen molar-refractivity contribution in [2.45, 2.75) is 112 Å². The number of carbonyl (C=O) groups excluding carboxylic acids is 3. The molecule has 9 aromatic heterocycles. The number of piperazine rings is 3. The van der Waals surface area contributed by atoms with Gasteiger partial charge in [-0.25, -0.2) is 56.2 Å². The lowest BCUT2D eigenvalue weighted by molar-refractivity contribution is -0.127. The molecule has 128 heavy (non-hydrogen) atoms. The predicted molar refractivity (Wildman–Crippen MR) is 488 cm³/mol. The van der Waals surface area contributed by atoms with Gasteiger partial charge in [-0.1, -0.05) is 141 Å². The largest absolute Gasteiger partial charge is 0.489 e. The fraction of sp³-hybridized carbons (Fsp3) is 0.315. The number of ether oxygens (including phenoxy) is 3. The van der Waals surface area contributed by atoms with Gasteiger partial charge in [-0.15, -0.1) is 6.42 Å². The van der Waals surface area contributed by atoms with E-state index in [1.54, 1.807) is 77.5 Å². The van der Waals surface area contributed by atoms with Crippen molar-refractivity contribution in [3.05, 3.63) is 216 Å². The fourth-order valence-corrected chi connectivity index (χ4v) is 18.8. The zero-order valence-electron chi connectivity index (χ0n) is 71.0. The summed E-state index contributed by atoms with van der Waals surface area (Å²) < 4.78 is 69.2. The van der Waals surface area contributed by atoms with E-state index < -0.39 is 46.5 Å². The second-order valence-corrected chi connectivity index (χ2v) is 34.5. The Morgan fingerprint density at radius 2 is 0.773 bits per heavy atom. The van der Waals surface area contributed by atoms with Crippen LogP contribution in [0, 0.1) is 62.4 Å². The number of amides is 3. The van der Waals surface area contributed by atoms with Gasteiger partial charge in [-0.3, -0.25) is 29.3 Å². The molecule has 656 valence electrons. The van der Waals surface area contributed by atoms with Crippen LogP contribution in [0.2, 0.25) is 30.1 Å². The molecule has 3 saturated heterocycles. The molecule has 3 atom stereocenters. The molecule has 3 aromatic carbocycles. The van der Waals surface area contributed by atoms with E-state index >= 15 is 13.2 Å². The van der Waals surface area contributed by atoms with Crippen molar-refractivity contribution in [3.8, 4) is 92.3 Å². The van der Waals surface area contributed by atoms with E-state index in [1.807, 2.05) is 83.1 Å². The highest BCUT2D eigenvalue weighted by molar-refractivity contribution is 6.40. The highest BCUT2D eigenvalue weighted by Crippen LogP contribution is 2.52. The number of hydrogen-bond acceptors (Lipinski definition) is 21. The molecule has 0 bridgehead atoms. The van der Waals surface area contributed by atoms with Gasteiger partial charge in [0.2, 0.25) is 5.91 Å². The van der Waals surface area contributed by atoms with E-state index in [-0.39, 0.29) is 166 Å². The first-order valence-electron chi connectivity index (χ1n) is 41.1. The third kappa shape index (κ3) is 15.8. The number of pyridine rings is 6. The minimum Gasteiger partial charge on any atom is -0.489 e. The van der Waals surface area contributed by atoms with Gasteiger partial charge in [0, 0.05) is 77.5 Å². The zero-order chi connectivity index (χ0) is 91.0. The van der Waals surface area contributed by atoms with Crippen LogP contribution in [0.5, 0.6) is 17.2 Å². The molecule has 6 aliphatic heterocycles. The van der Waals surface area contributed by atoms with Crippen molar-refractivity contribution in [2.24, 2.45) is 0 Å². The Labute approximate surface area is 762 Å². The molecule has 3 unspecified atom stereocenters. The lowest BCUT2D eigenvalue weighted by Gasteiger charge is -2.40. The molecule has 3 fully saturated rings. The van der Waals surface area contributed by atoms with Gasteiger partial charge in [0.05, 0.1) is 101 Å². The van der Waals surface area contributed by atoms with Crippen molar-refractivity contribution in [1.29, 1.82) is 0 Å². The van der Waals surface area contributed by atoms with Crippen LogP contribution in [0.3, 0.4) is 0 Å². The quantitative estimate of drug-likeness (QED) is 0.0908. The number of carbonyl (C=O) groups is 3. The zero-order valence-corrected chi connectivity index (χ0v) is 75.5. The van der Waals surface area contributed by atoms with Crippen LogP contribution in [0.4, 0.5) is 30.6 Å². The van der Waals surface area contributed by atoms with Crippen LogP contribution in [0.25, 0.3) is 83.9 Å². The first-order chi connectivity index (χ1) is 61.3. The molecule has 0 spiro atoms. The van der Waals surface area contributed by atoms with Gasteiger partial charge in [0.1, 0.15) is 86.0 Å². The van der Waals surface area contributed by atoms with E-state index in [0.717, 1.165) is 16.7 Å². The molecular weight excluding hydrogens is 1770 g/mol. The molecule has 0 aliphatic carbocycles. The van der Waals surface area contributed by atoms with Crippen molar-refractivity contribution in [3.63, 3.8) is 0 Å². The van der Waals surface area contributed by atoms with Crippen molar-refractivity contribution in [2.75, 3.05) is 93.4 Å². The highest BCUT2D eigenvalue weighted by atomic mass is 35.5. The number of rotatable bonds is 10. The maximum Gasteiger partial charge on any atom is 0.355 e. The number of benzene rings is 3. The summed E-state index contributed by atoms with van der Waals surface area (Å²) in [4.78, 5) is 133. The van der Waals surface area contributed by atoms with Gasteiger partial charge in [-0.05, 0) is 142 Å². The van der Waals surface area contributed by atoms with Crippen LogP contribution >= 0.6 is 69.6 Å². The lowest BCUT2D eigenvalue weighted by Crippen LogP contribution is -2.57. The minimum atomic E-state index is -0.637. The second kappa shape index (κ2) is 36.0. The summed E-state index contributed by atoms with van der Waals surface area (Å²) in [5.41, 5.74) is 4.70. The molecule has 27 nitrogen and oxygen atoms in total. The Kier molecular flexibility index (Phi) is 25.0. The first kappa shape index (κ1) is 89.0. The Bertz CT molecular complexity index is 6940. The molecule has 6 aliphatic rings. The number of fused-ring (bicyclic) bond motifs is 6. The van der Waals surface area contributed by atoms with E-state index in [4.69, 9.17) is 105 Å². The first-order valence-corrected chi connectivity index (χ1v) is 43.4. The third-order valence-corrected chi connectivity index (χ3v) is 25.2. The lowest BCUT2D eigenvalue weighted by atomic mass is 10.0. The maximum atomic E-state index is 15.3. The van der Waals surface area contributed by atoms with Gasteiger partial charge in [-0.2, -0.15) is 15.0 Å². The summed E-state index contributed by atoms with van der Waals surface area (Å²) in [6, 6.07) is 17.2. The van der Waals surface area contributed by atoms with Crippen LogP contribution in [0.1, 0.15) is 107 Å². The van der Waals surface area contributed by atoms with Crippen molar-refractivity contribution >= 4 is 138 Å². The summed E-state index contributed by atoms with van der Waals surface area (Å²) in [5.74, 6) is 6.12. The van der Waals surface area contributed by atoms with Gasteiger partial charge >= 0.3 is 17.1 Å². The van der Waals surface area contributed by atoms with E-state index in [9.17, 15) is 28.8 Å². The van der Waals surface area contributed by atoms with Crippen LogP contribution < -0.4 is 46.0 Å². The Morgan fingerprint density at radius 3 is 1.07 bits per heavy atom.